The minimum atomic E-state index is 0.219. The fraction of sp³-hybridized carbons (Fsp3) is 0.385. The average molecular weight is 343 g/mol. The van der Waals surface area contributed by atoms with Crippen LogP contribution in [-0.4, -0.2) is 0 Å². The Kier molecular flexibility index (Phi) is 3.99. The molecule has 2 aliphatic carbocycles. The van der Waals surface area contributed by atoms with E-state index in [1.54, 1.807) is 11.1 Å². The highest BCUT2D eigenvalue weighted by Gasteiger charge is 2.29. The Balaban J connectivity index is 1.88. The Bertz CT molecular complexity index is 942. The van der Waals surface area contributed by atoms with E-state index in [0.29, 0.717) is 5.92 Å². The molecule has 26 heavy (non-hydrogen) atoms. The second-order valence-corrected chi connectivity index (χ2v) is 9.22. The lowest BCUT2D eigenvalue weighted by atomic mass is 9.81. The van der Waals surface area contributed by atoms with Crippen molar-refractivity contribution in [1.29, 1.82) is 0 Å². The van der Waals surface area contributed by atoms with Gasteiger partial charge in [0.25, 0.3) is 0 Å². The van der Waals surface area contributed by atoms with Crippen LogP contribution in [0.1, 0.15) is 76.1 Å². The first kappa shape index (κ1) is 17.3. The Morgan fingerprint density at radius 3 is 2.23 bits per heavy atom. The topological polar surface area (TPSA) is 0 Å². The molecule has 2 aliphatic rings. The summed E-state index contributed by atoms with van der Waals surface area (Å²) in [4.78, 5) is 0. The van der Waals surface area contributed by atoms with Gasteiger partial charge >= 0.3 is 0 Å². The van der Waals surface area contributed by atoms with Crippen LogP contribution in [0.2, 0.25) is 0 Å². The third-order valence-corrected chi connectivity index (χ3v) is 6.11. The molecule has 0 heteroatoms. The van der Waals surface area contributed by atoms with Crippen LogP contribution >= 0.6 is 0 Å². The number of benzene rings is 2. The van der Waals surface area contributed by atoms with E-state index < -0.39 is 0 Å². The molecule has 0 heterocycles. The Morgan fingerprint density at radius 2 is 1.58 bits per heavy atom. The van der Waals surface area contributed by atoms with Crippen LogP contribution < -0.4 is 0 Å². The quantitative estimate of drug-likeness (QED) is 0.451. The van der Waals surface area contributed by atoms with Crippen molar-refractivity contribution in [3.63, 3.8) is 0 Å². The largest absolute Gasteiger partial charge is 0.0761 e. The minimum Gasteiger partial charge on any atom is -0.0761 e. The number of fused-ring (bicyclic) bond motifs is 3. The fourth-order valence-electron chi connectivity index (χ4n) is 5.01. The Morgan fingerprint density at radius 1 is 0.885 bits per heavy atom. The number of hydrogen-bond donors (Lipinski definition) is 0. The fourth-order valence-corrected chi connectivity index (χ4v) is 5.01. The number of allylic oxidation sites excluding steroid dienone is 4. The van der Waals surface area contributed by atoms with Gasteiger partial charge in [0, 0.05) is 0 Å². The van der Waals surface area contributed by atoms with E-state index in [1.165, 1.54) is 39.0 Å². The molecule has 0 aromatic heterocycles. The van der Waals surface area contributed by atoms with E-state index in [2.05, 4.69) is 84.0 Å². The third kappa shape index (κ3) is 2.58. The van der Waals surface area contributed by atoms with Crippen molar-refractivity contribution in [2.45, 2.75) is 60.3 Å². The van der Waals surface area contributed by atoms with E-state index in [0.717, 1.165) is 12.8 Å². The highest BCUT2D eigenvalue weighted by atomic mass is 14.3. The molecule has 0 saturated carbocycles. The molecule has 0 aliphatic heterocycles. The maximum Gasteiger partial charge on any atom is -0.00104 e. The predicted molar refractivity (Wildman–Crippen MR) is 114 cm³/mol. The van der Waals surface area contributed by atoms with Crippen molar-refractivity contribution in [2.75, 3.05) is 0 Å². The molecule has 0 unspecified atom stereocenters. The SMILES string of the molecule is CC1=C(c2ccc3c(c2C(C)C)Cc2ccccc2-3)CC=C1C(C)(C)C. The lowest BCUT2D eigenvalue weighted by molar-refractivity contribution is 0.512. The third-order valence-electron chi connectivity index (χ3n) is 6.11. The monoisotopic (exact) mass is 342 g/mol. The molecule has 0 fully saturated rings. The van der Waals surface area contributed by atoms with E-state index in [1.807, 2.05) is 0 Å². The average Bonchev–Trinajstić information content (AvgIpc) is 3.13. The standard InChI is InChI=1S/C26H30/c1-16(2)25-22(19-13-14-24(17(19)3)26(4,5)6)12-11-21-20-10-8-7-9-18(20)15-23(21)25/h7-12,14,16H,13,15H2,1-6H3. The summed E-state index contributed by atoms with van der Waals surface area (Å²) in [6.45, 7) is 14.0. The van der Waals surface area contributed by atoms with Gasteiger partial charge in [-0.15, -0.1) is 0 Å². The molecule has 0 N–H and O–H groups in total. The summed E-state index contributed by atoms with van der Waals surface area (Å²) in [7, 11) is 0. The van der Waals surface area contributed by atoms with E-state index in [-0.39, 0.29) is 5.41 Å². The van der Waals surface area contributed by atoms with Crippen LogP contribution in [0.15, 0.2) is 53.6 Å². The number of rotatable bonds is 2. The highest BCUT2D eigenvalue weighted by Crippen LogP contribution is 2.47. The molecule has 134 valence electrons. The molecular weight excluding hydrogens is 312 g/mol. The molecule has 0 spiro atoms. The zero-order valence-corrected chi connectivity index (χ0v) is 17.0. The molecular formula is C26H30. The summed E-state index contributed by atoms with van der Waals surface area (Å²) in [6.07, 6.45) is 4.61. The summed E-state index contributed by atoms with van der Waals surface area (Å²) in [6, 6.07) is 13.7. The summed E-state index contributed by atoms with van der Waals surface area (Å²) in [5.41, 5.74) is 13.7. The van der Waals surface area contributed by atoms with Crippen molar-refractivity contribution < 1.29 is 0 Å². The lowest BCUT2D eigenvalue weighted by Gasteiger charge is -2.23. The first-order chi connectivity index (χ1) is 12.3. The predicted octanol–water partition coefficient (Wildman–Crippen LogP) is 7.53. The summed E-state index contributed by atoms with van der Waals surface area (Å²) in [5.74, 6) is 0.535. The van der Waals surface area contributed by atoms with Gasteiger partial charge in [-0.2, -0.15) is 0 Å². The number of hydrogen-bond acceptors (Lipinski definition) is 0. The van der Waals surface area contributed by atoms with Gasteiger partial charge in [-0.25, -0.2) is 0 Å². The molecule has 2 aromatic carbocycles. The maximum atomic E-state index is 2.46. The molecule has 0 bridgehead atoms. The minimum absolute atomic E-state index is 0.219. The van der Waals surface area contributed by atoms with Gasteiger partial charge in [-0.3, -0.25) is 0 Å². The highest BCUT2D eigenvalue weighted by molar-refractivity contribution is 5.85. The molecule has 2 aromatic rings. The van der Waals surface area contributed by atoms with Crippen LogP contribution in [0.25, 0.3) is 16.7 Å². The van der Waals surface area contributed by atoms with Crippen molar-refractivity contribution >= 4 is 5.57 Å². The molecule has 0 amide bonds. The van der Waals surface area contributed by atoms with Crippen molar-refractivity contribution in [3.05, 3.63) is 75.9 Å². The zero-order chi connectivity index (χ0) is 18.6. The summed E-state index contributed by atoms with van der Waals surface area (Å²) < 4.78 is 0. The van der Waals surface area contributed by atoms with Crippen LogP contribution in [0.4, 0.5) is 0 Å². The van der Waals surface area contributed by atoms with E-state index >= 15 is 0 Å². The van der Waals surface area contributed by atoms with E-state index in [9.17, 15) is 0 Å². The van der Waals surface area contributed by atoms with Crippen LogP contribution in [0.5, 0.6) is 0 Å². The van der Waals surface area contributed by atoms with Gasteiger partial charge in [0.2, 0.25) is 0 Å². The van der Waals surface area contributed by atoms with E-state index in [4.69, 9.17) is 0 Å². The van der Waals surface area contributed by atoms with Gasteiger partial charge in [-0.05, 0) is 81.2 Å². The van der Waals surface area contributed by atoms with Gasteiger partial charge in [0.05, 0.1) is 0 Å². The van der Waals surface area contributed by atoms with Crippen molar-refractivity contribution in [2.24, 2.45) is 5.41 Å². The summed E-state index contributed by atoms with van der Waals surface area (Å²) >= 11 is 0. The van der Waals surface area contributed by atoms with Gasteiger partial charge in [-0.1, -0.05) is 77.1 Å². The molecule has 0 radical (unpaired) electrons. The molecule has 0 atom stereocenters. The van der Waals surface area contributed by atoms with Crippen molar-refractivity contribution in [3.8, 4) is 11.1 Å². The smallest absolute Gasteiger partial charge is 0.00104 e. The van der Waals surface area contributed by atoms with Crippen LogP contribution in [0, 0.1) is 5.41 Å². The lowest BCUT2D eigenvalue weighted by Crippen LogP contribution is -2.09. The van der Waals surface area contributed by atoms with Gasteiger partial charge < -0.3 is 0 Å². The second kappa shape index (κ2) is 5.98. The maximum absolute atomic E-state index is 2.46. The van der Waals surface area contributed by atoms with Crippen LogP contribution in [-0.2, 0) is 6.42 Å². The Labute approximate surface area is 158 Å². The van der Waals surface area contributed by atoms with Gasteiger partial charge in [0.15, 0.2) is 0 Å². The first-order valence-electron chi connectivity index (χ1n) is 9.94. The molecule has 4 rings (SSSR count). The summed E-state index contributed by atoms with van der Waals surface area (Å²) in [5, 5.41) is 0. The molecule has 0 saturated heterocycles. The van der Waals surface area contributed by atoms with Crippen LogP contribution in [0.3, 0.4) is 0 Å². The molecule has 0 nitrogen and oxygen atoms in total. The first-order valence-corrected chi connectivity index (χ1v) is 9.94. The second-order valence-electron chi connectivity index (χ2n) is 9.22. The Hall–Kier alpha value is -2.08. The van der Waals surface area contributed by atoms with Gasteiger partial charge in [0.1, 0.15) is 0 Å². The van der Waals surface area contributed by atoms with Crippen molar-refractivity contribution in [1.82, 2.24) is 0 Å². The zero-order valence-electron chi connectivity index (χ0n) is 17.0. The normalized spacial score (nSPS) is 16.2.